The van der Waals surface area contributed by atoms with E-state index in [-0.39, 0.29) is 0 Å². The molecule has 0 spiro atoms. The van der Waals surface area contributed by atoms with Gasteiger partial charge in [0.25, 0.3) is 0 Å². The van der Waals surface area contributed by atoms with Crippen LogP contribution in [0.25, 0.3) is 0 Å². The highest BCUT2D eigenvalue weighted by Crippen LogP contribution is 2.33. The maximum Gasteiger partial charge on any atom is 0.0148 e. The minimum absolute atomic E-state index is 0.806. The van der Waals surface area contributed by atoms with Crippen molar-refractivity contribution in [2.45, 2.75) is 36.9 Å². The first kappa shape index (κ1) is 9.72. The van der Waals surface area contributed by atoms with Crippen molar-refractivity contribution in [2.24, 2.45) is 5.92 Å². The summed E-state index contributed by atoms with van der Waals surface area (Å²) in [4.78, 5) is 0.806. The van der Waals surface area contributed by atoms with Crippen LogP contribution in [0.15, 0.2) is 16.8 Å². The number of aryl methyl sites for hydroxylation is 1. The van der Waals surface area contributed by atoms with Gasteiger partial charge in [0, 0.05) is 4.83 Å². The summed E-state index contributed by atoms with van der Waals surface area (Å²) in [6.07, 6.45) is 6.88. The molecular weight excluding hydrogens is 244 g/mol. The van der Waals surface area contributed by atoms with E-state index >= 15 is 0 Å². The Morgan fingerprint density at radius 2 is 2.38 bits per heavy atom. The quantitative estimate of drug-likeness (QED) is 0.712. The molecule has 1 aromatic heterocycles. The smallest absolute Gasteiger partial charge is 0.0148 e. The Morgan fingerprint density at radius 3 is 3.00 bits per heavy atom. The molecule has 2 unspecified atom stereocenters. The SMILES string of the molecule is BrC1CCC(CCc2ccsc2)C1. The van der Waals surface area contributed by atoms with Crippen molar-refractivity contribution >= 4 is 27.3 Å². The average molecular weight is 259 g/mol. The standard InChI is InChI=1S/C11H15BrS/c12-11-4-3-9(7-11)1-2-10-5-6-13-8-10/h5-6,8-9,11H,1-4,7H2. The van der Waals surface area contributed by atoms with Crippen LogP contribution in [0, 0.1) is 5.92 Å². The summed E-state index contributed by atoms with van der Waals surface area (Å²) in [5.74, 6) is 0.976. The highest BCUT2D eigenvalue weighted by molar-refractivity contribution is 9.09. The lowest BCUT2D eigenvalue weighted by Gasteiger charge is -2.07. The van der Waals surface area contributed by atoms with Crippen molar-refractivity contribution in [3.05, 3.63) is 22.4 Å². The first-order valence-corrected chi connectivity index (χ1v) is 6.85. The third-order valence-electron chi connectivity index (χ3n) is 2.90. The summed E-state index contributed by atoms with van der Waals surface area (Å²) >= 11 is 5.51. The molecule has 1 aromatic rings. The molecule has 0 N–H and O–H groups in total. The number of thiophene rings is 1. The van der Waals surface area contributed by atoms with Gasteiger partial charge in [-0.1, -0.05) is 15.9 Å². The number of halogens is 1. The van der Waals surface area contributed by atoms with Gasteiger partial charge in [0.2, 0.25) is 0 Å². The molecule has 0 amide bonds. The second-order valence-corrected chi connectivity index (χ2v) is 6.02. The van der Waals surface area contributed by atoms with E-state index in [1.165, 1.54) is 37.7 Å². The maximum atomic E-state index is 3.70. The molecule has 0 aromatic carbocycles. The van der Waals surface area contributed by atoms with Gasteiger partial charge in [-0.2, -0.15) is 11.3 Å². The lowest BCUT2D eigenvalue weighted by molar-refractivity contribution is 0.506. The molecule has 0 radical (unpaired) electrons. The number of hydrogen-bond donors (Lipinski definition) is 0. The monoisotopic (exact) mass is 258 g/mol. The predicted molar refractivity (Wildman–Crippen MR) is 62.7 cm³/mol. The molecule has 13 heavy (non-hydrogen) atoms. The van der Waals surface area contributed by atoms with E-state index in [2.05, 4.69) is 32.8 Å². The Bertz CT molecular complexity index is 243. The Morgan fingerprint density at radius 1 is 1.46 bits per heavy atom. The van der Waals surface area contributed by atoms with Crippen molar-refractivity contribution in [3.8, 4) is 0 Å². The zero-order chi connectivity index (χ0) is 9.10. The fourth-order valence-electron chi connectivity index (χ4n) is 2.08. The van der Waals surface area contributed by atoms with Crippen LogP contribution in [0.5, 0.6) is 0 Å². The Balaban J connectivity index is 1.74. The summed E-state index contributed by atoms with van der Waals surface area (Å²) in [6, 6.07) is 2.26. The molecule has 1 fully saturated rings. The van der Waals surface area contributed by atoms with E-state index in [9.17, 15) is 0 Å². The largest absolute Gasteiger partial charge is 0.152 e. The van der Waals surface area contributed by atoms with Crippen LogP contribution in [0.3, 0.4) is 0 Å². The number of hydrogen-bond acceptors (Lipinski definition) is 1. The molecule has 1 aliphatic rings. The average Bonchev–Trinajstić information content (AvgIpc) is 2.71. The Labute approximate surface area is 92.5 Å². The first-order valence-electron chi connectivity index (χ1n) is 5.00. The van der Waals surface area contributed by atoms with Crippen molar-refractivity contribution in [2.75, 3.05) is 0 Å². The zero-order valence-corrected chi connectivity index (χ0v) is 10.1. The van der Waals surface area contributed by atoms with Gasteiger partial charge in [-0.05, 0) is 60.4 Å². The van der Waals surface area contributed by atoms with Crippen molar-refractivity contribution in [1.82, 2.24) is 0 Å². The summed E-state index contributed by atoms with van der Waals surface area (Å²) in [7, 11) is 0. The lowest BCUT2D eigenvalue weighted by Crippen LogP contribution is -1.97. The molecular formula is C11H15BrS. The van der Waals surface area contributed by atoms with Crippen LogP contribution in [0.2, 0.25) is 0 Å². The molecule has 1 aliphatic carbocycles. The van der Waals surface area contributed by atoms with E-state index in [0.717, 1.165) is 10.7 Å². The molecule has 0 saturated heterocycles. The first-order chi connectivity index (χ1) is 6.34. The molecule has 1 saturated carbocycles. The number of rotatable bonds is 3. The van der Waals surface area contributed by atoms with Gasteiger partial charge in [0.15, 0.2) is 0 Å². The van der Waals surface area contributed by atoms with E-state index < -0.39 is 0 Å². The molecule has 0 aliphatic heterocycles. The topological polar surface area (TPSA) is 0 Å². The summed E-state index contributed by atoms with van der Waals surface area (Å²) < 4.78 is 0. The van der Waals surface area contributed by atoms with Crippen LogP contribution in [-0.4, -0.2) is 4.83 Å². The molecule has 0 bridgehead atoms. The van der Waals surface area contributed by atoms with Crippen molar-refractivity contribution in [1.29, 1.82) is 0 Å². The van der Waals surface area contributed by atoms with Gasteiger partial charge in [-0.25, -0.2) is 0 Å². The Kier molecular flexibility index (Phi) is 3.45. The predicted octanol–water partition coefficient (Wildman–Crippen LogP) is 4.24. The fourth-order valence-corrected chi connectivity index (χ4v) is 3.58. The van der Waals surface area contributed by atoms with Gasteiger partial charge in [0.05, 0.1) is 0 Å². The second-order valence-electron chi connectivity index (χ2n) is 3.95. The molecule has 0 nitrogen and oxygen atoms in total. The minimum Gasteiger partial charge on any atom is -0.152 e. The van der Waals surface area contributed by atoms with E-state index in [1.807, 2.05) is 11.3 Å². The maximum absolute atomic E-state index is 3.70. The highest BCUT2D eigenvalue weighted by Gasteiger charge is 2.21. The van der Waals surface area contributed by atoms with Crippen molar-refractivity contribution < 1.29 is 0 Å². The summed E-state index contributed by atoms with van der Waals surface area (Å²) in [6.45, 7) is 0. The normalized spacial score (nSPS) is 28.1. The number of alkyl halides is 1. The van der Waals surface area contributed by atoms with Gasteiger partial charge >= 0.3 is 0 Å². The van der Waals surface area contributed by atoms with Crippen LogP contribution >= 0.6 is 27.3 Å². The highest BCUT2D eigenvalue weighted by atomic mass is 79.9. The molecule has 1 heterocycles. The van der Waals surface area contributed by atoms with Gasteiger partial charge < -0.3 is 0 Å². The van der Waals surface area contributed by atoms with Gasteiger partial charge in [-0.15, -0.1) is 0 Å². The van der Waals surface area contributed by atoms with E-state index in [4.69, 9.17) is 0 Å². The Hall–Kier alpha value is 0.180. The van der Waals surface area contributed by atoms with Crippen LogP contribution < -0.4 is 0 Å². The molecule has 2 atom stereocenters. The van der Waals surface area contributed by atoms with Crippen LogP contribution in [0.4, 0.5) is 0 Å². The molecule has 2 heteroatoms. The lowest BCUT2D eigenvalue weighted by atomic mass is 10.00. The third kappa shape index (κ3) is 2.81. The van der Waals surface area contributed by atoms with Gasteiger partial charge in [0.1, 0.15) is 0 Å². The molecule has 72 valence electrons. The minimum atomic E-state index is 0.806. The van der Waals surface area contributed by atoms with Gasteiger partial charge in [-0.3, -0.25) is 0 Å². The van der Waals surface area contributed by atoms with Crippen molar-refractivity contribution in [3.63, 3.8) is 0 Å². The summed E-state index contributed by atoms with van der Waals surface area (Å²) in [5.41, 5.74) is 1.53. The summed E-state index contributed by atoms with van der Waals surface area (Å²) in [5, 5.41) is 4.46. The third-order valence-corrected chi connectivity index (χ3v) is 4.46. The second kappa shape index (κ2) is 4.61. The van der Waals surface area contributed by atoms with Crippen LogP contribution in [0.1, 0.15) is 31.2 Å². The fraction of sp³-hybridized carbons (Fsp3) is 0.636. The van der Waals surface area contributed by atoms with E-state index in [1.54, 1.807) is 0 Å². The zero-order valence-electron chi connectivity index (χ0n) is 7.71. The van der Waals surface area contributed by atoms with E-state index in [0.29, 0.717) is 0 Å². The molecule has 2 rings (SSSR count). The van der Waals surface area contributed by atoms with Crippen LogP contribution in [-0.2, 0) is 6.42 Å².